The number of fused-ring (bicyclic) bond motifs is 1. The fraction of sp³-hybridized carbons (Fsp3) is 0.250. The Morgan fingerprint density at radius 2 is 1.72 bits per heavy atom. The minimum Gasteiger partial charge on any atom is -0.487 e. The van der Waals surface area contributed by atoms with Gasteiger partial charge in [-0.1, -0.05) is 29.8 Å². The van der Waals surface area contributed by atoms with Crippen LogP contribution in [0.3, 0.4) is 0 Å². The minimum absolute atomic E-state index is 0.154. The molecule has 0 radical (unpaired) electrons. The maximum atomic E-state index is 9.52. The average Bonchev–Trinajstić information content (AvgIpc) is 3.75. The van der Waals surface area contributed by atoms with Crippen LogP contribution in [-0.4, -0.2) is 42.4 Å². The Balaban J connectivity index is 1.19. The van der Waals surface area contributed by atoms with Crippen molar-refractivity contribution in [2.75, 3.05) is 31.2 Å². The van der Waals surface area contributed by atoms with E-state index in [9.17, 15) is 5.26 Å². The summed E-state index contributed by atoms with van der Waals surface area (Å²) in [6, 6.07) is 19.3. The van der Waals surface area contributed by atoms with Crippen molar-refractivity contribution in [2.24, 2.45) is 0 Å². The highest BCUT2D eigenvalue weighted by atomic mass is 35.5. The Kier molecular flexibility index (Phi) is 6.06. The molecule has 0 spiro atoms. The van der Waals surface area contributed by atoms with Gasteiger partial charge in [0.1, 0.15) is 23.4 Å². The van der Waals surface area contributed by atoms with E-state index in [0.29, 0.717) is 41.0 Å². The SMILES string of the molecule is N#Cc1cc(Oc2ccc(-c3ccc4nc(N5CCOCC5)cnc4c3)cc2)cc(Cl)c1OC1CC1. The molecule has 1 saturated heterocycles. The summed E-state index contributed by atoms with van der Waals surface area (Å²) in [6.45, 7) is 3.08. The zero-order chi connectivity index (χ0) is 24.5. The van der Waals surface area contributed by atoms with Gasteiger partial charge in [-0.05, 0) is 48.2 Å². The predicted molar refractivity (Wildman–Crippen MR) is 138 cm³/mol. The monoisotopic (exact) mass is 498 g/mol. The Hall–Kier alpha value is -3.86. The number of aromatic nitrogens is 2. The lowest BCUT2D eigenvalue weighted by atomic mass is 10.0. The van der Waals surface area contributed by atoms with Crippen molar-refractivity contribution in [1.82, 2.24) is 9.97 Å². The van der Waals surface area contributed by atoms with E-state index in [1.165, 1.54) is 0 Å². The number of anilines is 1. The van der Waals surface area contributed by atoms with E-state index < -0.39 is 0 Å². The Bertz CT molecular complexity index is 1460. The molecule has 6 rings (SSSR count). The van der Waals surface area contributed by atoms with Crippen molar-refractivity contribution in [2.45, 2.75) is 18.9 Å². The zero-order valence-electron chi connectivity index (χ0n) is 19.5. The van der Waals surface area contributed by atoms with Gasteiger partial charge in [0.25, 0.3) is 0 Å². The summed E-state index contributed by atoms with van der Waals surface area (Å²) in [5.74, 6) is 2.45. The molecule has 2 aliphatic rings. The number of hydrogen-bond acceptors (Lipinski definition) is 7. The van der Waals surface area contributed by atoms with Gasteiger partial charge in [0, 0.05) is 25.2 Å². The molecular formula is C28H23ClN4O3. The Morgan fingerprint density at radius 1 is 0.944 bits per heavy atom. The Labute approximate surface area is 213 Å². The largest absolute Gasteiger partial charge is 0.487 e. The lowest BCUT2D eigenvalue weighted by Gasteiger charge is -2.27. The Morgan fingerprint density at radius 3 is 2.47 bits per heavy atom. The highest BCUT2D eigenvalue weighted by molar-refractivity contribution is 6.32. The number of nitrogens with zero attached hydrogens (tertiary/aromatic N) is 4. The molecule has 1 aromatic heterocycles. The second-order valence-corrected chi connectivity index (χ2v) is 9.28. The highest BCUT2D eigenvalue weighted by Gasteiger charge is 2.26. The smallest absolute Gasteiger partial charge is 0.156 e. The molecule has 180 valence electrons. The van der Waals surface area contributed by atoms with Crippen molar-refractivity contribution >= 4 is 28.5 Å². The second kappa shape index (κ2) is 9.65. The number of halogens is 1. The van der Waals surface area contributed by atoms with Gasteiger partial charge in [0.15, 0.2) is 5.75 Å². The molecule has 0 atom stereocenters. The highest BCUT2D eigenvalue weighted by Crippen LogP contribution is 2.38. The topological polar surface area (TPSA) is 80.5 Å². The molecule has 0 amide bonds. The fourth-order valence-electron chi connectivity index (χ4n) is 4.16. The molecule has 0 bridgehead atoms. The molecule has 0 unspecified atom stereocenters. The molecule has 2 fully saturated rings. The number of ether oxygens (including phenoxy) is 3. The van der Waals surface area contributed by atoms with Gasteiger partial charge in [0.2, 0.25) is 0 Å². The van der Waals surface area contributed by atoms with Crippen LogP contribution in [0.4, 0.5) is 5.82 Å². The summed E-state index contributed by atoms with van der Waals surface area (Å²) >= 11 is 6.38. The number of hydrogen-bond donors (Lipinski definition) is 0. The molecule has 3 aromatic carbocycles. The van der Waals surface area contributed by atoms with Crippen LogP contribution in [0.2, 0.25) is 5.02 Å². The van der Waals surface area contributed by atoms with E-state index in [4.69, 9.17) is 30.8 Å². The normalized spacial score (nSPS) is 15.5. The maximum Gasteiger partial charge on any atom is 0.156 e. The first kappa shape index (κ1) is 22.6. The predicted octanol–water partition coefficient (Wildman–Crippen LogP) is 5.99. The van der Waals surface area contributed by atoms with Gasteiger partial charge < -0.3 is 19.1 Å². The van der Waals surface area contributed by atoms with E-state index in [-0.39, 0.29) is 6.10 Å². The van der Waals surface area contributed by atoms with Crippen molar-refractivity contribution in [3.8, 4) is 34.4 Å². The summed E-state index contributed by atoms with van der Waals surface area (Å²) in [5.41, 5.74) is 4.15. The van der Waals surface area contributed by atoms with Crippen LogP contribution in [0.15, 0.2) is 60.8 Å². The van der Waals surface area contributed by atoms with Crippen molar-refractivity contribution < 1.29 is 14.2 Å². The molecule has 0 N–H and O–H groups in total. The van der Waals surface area contributed by atoms with Gasteiger partial charge in [-0.3, -0.25) is 4.98 Å². The summed E-state index contributed by atoms with van der Waals surface area (Å²) in [5, 5.41) is 9.90. The summed E-state index contributed by atoms with van der Waals surface area (Å²) in [7, 11) is 0. The van der Waals surface area contributed by atoms with E-state index >= 15 is 0 Å². The van der Waals surface area contributed by atoms with Crippen molar-refractivity contribution in [1.29, 1.82) is 5.26 Å². The molecule has 4 aromatic rings. The maximum absolute atomic E-state index is 9.52. The van der Waals surface area contributed by atoms with Crippen LogP contribution in [0.25, 0.3) is 22.2 Å². The van der Waals surface area contributed by atoms with Crippen LogP contribution in [0.1, 0.15) is 18.4 Å². The number of morpholine rings is 1. The molecular weight excluding hydrogens is 476 g/mol. The van der Waals surface area contributed by atoms with E-state index in [1.54, 1.807) is 12.1 Å². The van der Waals surface area contributed by atoms with Crippen LogP contribution in [0, 0.1) is 11.3 Å². The van der Waals surface area contributed by atoms with Crippen molar-refractivity contribution in [3.63, 3.8) is 0 Å². The third kappa shape index (κ3) is 4.78. The third-order valence-corrected chi connectivity index (χ3v) is 6.52. The number of benzene rings is 3. The van der Waals surface area contributed by atoms with Gasteiger partial charge in [-0.2, -0.15) is 5.26 Å². The first-order valence-corrected chi connectivity index (χ1v) is 12.3. The fourth-order valence-corrected chi connectivity index (χ4v) is 4.41. The average molecular weight is 499 g/mol. The lowest BCUT2D eigenvalue weighted by Crippen LogP contribution is -2.36. The van der Waals surface area contributed by atoms with E-state index in [2.05, 4.69) is 16.0 Å². The van der Waals surface area contributed by atoms with Gasteiger partial charge >= 0.3 is 0 Å². The van der Waals surface area contributed by atoms with Crippen LogP contribution in [0.5, 0.6) is 17.2 Å². The van der Waals surface area contributed by atoms with Gasteiger partial charge in [-0.25, -0.2) is 4.98 Å². The van der Waals surface area contributed by atoms with Gasteiger partial charge in [-0.15, -0.1) is 0 Å². The summed E-state index contributed by atoms with van der Waals surface area (Å²) in [6.07, 6.45) is 3.97. The first-order valence-electron chi connectivity index (χ1n) is 11.9. The van der Waals surface area contributed by atoms with Gasteiger partial charge in [0.05, 0.1) is 47.1 Å². The lowest BCUT2D eigenvalue weighted by molar-refractivity contribution is 0.122. The summed E-state index contributed by atoms with van der Waals surface area (Å²) in [4.78, 5) is 11.6. The molecule has 2 heterocycles. The minimum atomic E-state index is 0.154. The molecule has 1 aliphatic carbocycles. The molecule has 1 saturated carbocycles. The van der Waals surface area contributed by atoms with Crippen molar-refractivity contribution in [3.05, 3.63) is 71.4 Å². The summed E-state index contributed by atoms with van der Waals surface area (Å²) < 4.78 is 17.2. The van der Waals surface area contributed by atoms with E-state index in [1.807, 2.05) is 48.7 Å². The number of rotatable bonds is 6. The molecule has 36 heavy (non-hydrogen) atoms. The molecule has 8 heteroatoms. The zero-order valence-corrected chi connectivity index (χ0v) is 20.2. The number of nitriles is 1. The van der Waals surface area contributed by atoms with Crippen LogP contribution >= 0.6 is 11.6 Å². The van der Waals surface area contributed by atoms with Crippen LogP contribution in [-0.2, 0) is 4.74 Å². The quantitative estimate of drug-likeness (QED) is 0.323. The van der Waals surface area contributed by atoms with E-state index in [0.717, 1.165) is 53.9 Å². The second-order valence-electron chi connectivity index (χ2n) is 8.87. The first-order chi connectivity index (χ1) is 17.7. The molecule has 7 nitrogen and oxygen atoms in total. The third-order valence-electron chi connectivity index (χ3n) is 6.23. The van der Waals surface area contributed by atoms with Crippen LogP contribution < -0.4 is 14.4 Å². The molecule has 1 aliphatic heterocycles. The standard InChI is InChI=1S/C28H23ClN4O3/c29-24-15-23(13-20(16-30)28(24)36-22-6-7-22)35-21-4-1-18(2-5-21)19-3-8-25-26(14-19)31-17-27(32-25)33-9-11-34-12-10-33/h1-5,8,13-15,17,22H,6-7,9-12H2.